The SMILES string of the molecule is CC(C)CC(=O)N1CC2(C1)[C@H](COCC1CC1)CCS2(=O)=O. The van der Waals surface area contributed by atoms with Gasteiger partial charge < -0.3 is 9.64 Å². The average molecular weight is 329 g/mol. The smallest absolute Gasteiger partial charge is 0.222 e. The molecule has 126 valence electrons. The van der Waals surface area contributed by atoms with E-state index >= 15 is 0 Å². The zero-order valence-corrected chi connectivity index (χ0v) is 14.4. The second-order valence-electron chi connectivity index (χ2n) is 7.70. The van der Waals surface area contributed by atoms with Crippen molar-refractivity contribution in [3.63, 3.8) is 0 Å². The normalized spacial score (nSPS) is 29.0. The highest BCUT2D eigenvalue weighted by molar-refractivity contribution is 7.93. The molecule has 0 bridgehead atoms. The fraction of sp³-hybridized carbons (Fsp3) is 0.938. The van der Waals surface area contributed by atoms with E-state index in [1.54, 1.807) is 4.90 Å². The maximum absolute atomic E-state index is 12.5. The van der Waals surface area contributed by atoms with Crippen LogP contribution in [-0.4, -0.2) is 56.0 Å². The molecular weight excluding hydrogens is 302 g/mol. The molecule has 22 heavy (non-hydrogen) atoms. The van der Waals surface area contributed by atoms with E-state index < -0.39 is 14.6 Å². The molecule has 2 saturated heterocycles. The van der Waals surface area contributed by atoms with Crippen molar-refractivity contribution in [2.45, 2.75) is 44.3 Å². The maximum Gasteiger partial charge on any atom is 0.222 e. The van der Waals surface area contributed by atoms with Gasteiger partial charge in [-0.2, -0.15) is 0 Å². The monoisotopic (exact) mass is 329 g/mol. The van der Waals surface area contributed by atoms with Crippen molar-refractivity contribution >= 4 is 15.7 Å². The number of nitrogens with zero attached hydrogens (tertiary/aromatic N) is 1. The van der Waals surface area contributed by atoms with E-state index in [4.69, 9.17) is 4.74 Å². The first-order chi connectivity index (χ1) is 10.3. The molecule has 0 aromatic carbocycles. The van der Waals surface area contributed by atoms with Crippen LogP contribution >= 0.6 is 0 Å². The van der Waals surface area contributed by atoms with Crippen LogP contribution < -0.4 is 0 Å². The molecule has 0 radical (unpaired) electrons. The Hall–Kier alpha value is -0.620. The highest BCUT2D eigenvalue weighted by Gasteiger charge is 2.62. The summed E-state index contributed by atoms with van der Waals surface area (Å²) >= 11 is 0. The largest absolute Gasteiger partial charge is 0.381 e. The number of sulfone groups is 1. The quantitative estimate of drug-likeness (QED) is 0.740. The molecule has 0 unspecified atom stereocenters. The molecule has 0 aromatic heterocycles. The van der Waals surface area contributed by atoms with Crippen molar-refractivity contribution in [3.8, 4) is 0 Å². The molecule has 2 aliphatic heterocycles. The zero-order valence-electron chi connectivity index (χ0n) is 13.6. The number of hydrogen-bond donors (Lipinski definition) is 0. The molecule has 3 aliphatic rings. The van der Waals surface area contributed by atoms with Crippen LogP contribution in [0, 0.1) is 17.8 Å². The molecule has 1 atom stereocenters. The zero-order chi connectivity index (χ0) is 16.0. The lowest BCUT2D eigenvalue weighted by Gasteiger charge is -2.50. The summed E-state index contributed by atoms with van der Waals surface area (Å²) in [6, 6.07) is 0. The Balaban J connectivity index is 1.60. The van der Waals surface area contributed by atoms with Crippen LogP contribution in [0.25, 0.3) is 0 Å². The van der Waals surface area contributed by atoms with Crippen molar-refractivity contribution < 1.29 is 17.9 Å². The highest BCUT2D eigenvalue weighted by atomic mass is 32.2. The summed E-state index contributed by atoms with van der Waals surface area (Å²) in [6.45, 7) is 6.06. The lowest BCUT2D eigenvalue weighted by atomic mass is 9.83. The molecule has 0 N–H and O–H groups in total. The molecule has 1 spiro atoms. The Labute approximate surface area is 133 Å². The summed E-state index contributed by atoms with van der Waals surface area (Å²) in [6.07, 6.45) is 3.66. The fourth-order valence-corrected chi connectivity index (χ4v) is 6.02. The Morgan fingerprint density at radius 1 is 1.23 bits per heavy atom. The number of carbonyl (C=O) groups excluding carboxylic acids is 1. The van der Waals surface area contributed by atoms with E-state index in [9.17, 15) is 13.2 Å². The molecule has 6 heteroatoms. The second-order valence-corrected chi connectivity index (χ2v) is 10.1. The average Bonchev–Trinajstić information content (AvgIpc) is 3.12. The highest BCUT2D eigenvalue weighted by Crippen LogP contribution is 2.45. The van der Waals surface area contributed by atoms with E-state index in [0.717, 1.165) is 6.61 Å². The third-order valence-corrected chi connectivity index (χ3v) is 7.92. The molecule has 1 saturated carbocycles. The standard InChI is InChI=1S/C16H27NO4S/c1-12(2)7-15(18)17-10-16(11-17)14(5-6-22(16,19)20)9-21-8-13-3-4-13/h12-14H,3-11H2,1-2H3/t14-/m0/s1. The minimum Gasteiger partial charge on any atom is -0.381 e. The third kappa shape index (κ3) is 2.92. The molecular formula is C16H27NO4S. The Bertz CT molecular complexity index is 532. The fourth-order valence-electron chi connectivity index (χ4n) is 3.62. The molecule has 5 nitrogen and oxygen atoms in total. The van der Waals surface area contributed by atoms with Gasteiger partial charge in [-0.15, -0.1) is 0 Å². The topological polar surface area (TPSA) is 63.7 Å². The number of hydrogen-bond acceptors (Lipinski definition) is 4. The summed E-state index contributed by atoms with van der Waals surface area (Å²) in [7, 11) is -3.10. The second kappa shape index (κ2) is 5.78. The van der Waals surface area contributed by atoms with E-state index in [1.165, 1.54) is 12.8 Å². The number of rotatable bonds is 6. The van der Waals surface area contributed by atoms with Crippen LogP contribution in [0.4, 0.5) is 0 Å². The van der Waals surface area contributed by atoms with Crippen LogP contribution in [-0.2, 0) is 19.4 Å². The van der Waals surface area contributed by atoms with Crippen LogP contribution in [0.3, 0.4) is 0 Å². The molecule has 3 rings (SSSR count). The minimum absolute atomic E-state index is 0.0550. The summed E-state index contributed by atoms with van der Waals surface area (Å²) in [4.78, 5) is 13.8. The lowest BCUT2D eigenvalue weighted by Crippen LogP contribution is -2.68. The van der Waals surface area contributed by atoms with Gasteiger partial charge in [0, 0.05) is 32.0 Å². The van der Waals surface area contributed by atoms with Crippen molar-refractivity contribution in [3.05, 3.63) is 0 Å². The number of carbonyl (C=O) groups is 1. The first kappa shape index (κ1) is 16.2. The summed E-state index contributed by atoms with van der Waals surface area (Å²) in [5, 5.41) is 0. The lowest BCUT2D eigenvalue weighted by molar-refractivity contribution is -0.138. The predicted molar refractivity (Wildman–Crippen MR) is 84.2 cm³/mol. The number of likely N-dealkylation sites (tertiary alicyclic amines) is 1. The van der Waals surface area contributed by atoms with Gasteiger partial charge in [0.05, 0.1) is 12.4 Å². The Morgan fingerprint density at radius 3 is 2.50 bits per heavy atom. The van der Waals surface area contributed by atoms with E-state index in [0.29, 0.717) is 44.4 Å². The van der Waals surface area contributed by atoms with Gasteiger partial charge in [0.15, 0.2) is 9.84 Å². The minimum atomic E-state index is -3.10. The van der Waals surface area contributed by atoms with E-state index in [2.05, 4.69) is 0 Å². The van der Waals surface area contributed by atoms with Crippen LogP contribution in [0.1, 0.15) is 39.5 Å². The van der Waals surface area contributed by atoms with E-state index in [-0.39, 0.29) is 17.6 Å². The van der Waals surface area contributed by atoms with Gasteiger partial charge in [0.2, 0.25) is 5.91 Å². The van der Waals surface area contributed by atoms with Gasteiger partial charge in [-0.3, -0.25) is 4.79 Å². The Morgan fingerprint density at radius 2 is 1.91 bits per heavy atom. The van der Waals surface area contributed by atoms with Crippen LogP contribution in [0.2, 0.25) is 0 Å². The first-order valence-electron chi connectivity index (χ1n) is 8.42. The Kier molecular flexibility index (Phi) is 4.27. The molecule has 1 amide bonds. The van der Waals surface area contributed by atoms with Gasteiger partial charge in [0.25, 0.3) is 0 Å². The van der Waals surface area contributed by atoms with Crippen molar-refractivity contribution in [1.82, 2.24) is 4.90 Å². The molecule has 0 aromatic rings. The maximum atomic E-state index is 12.5. The van der Waals surface area contributed by atoms with Gasteiger partial charge in [-0.05, 0) is 31.1 Å². The van der Waals surface area contributed by atoms with Gasteiger partial charge in [-0.25, -0.2) is 8.42 Å². The third-order valence-electron chi connectivity index (χ3n) is 5.32. The van der Waals surface area contributed by atoms with Crippen LogP contribution in [0.5, 0.6) is 0 Å². The van der Waals surface area contributed by atoms with Gasteiger partial charge in [-0.1, -0.05) is 13.8 Å². The molecule has 2 heterocycles. The van der Waals surface area contributed by atoms with Gasteiger partial charge >= 0.3 is 0 Å². The van der Waals surface area contributed by atoms with E-state index in [1.807, 2.05) is 13.8 Å². The predicted octanol–water partition coefficient (Wildman–Crippen LogP) is 1.47. The van der Waals surface area contributed by atoms with Gasteiger partial charge in [0.1, 0.15) is 4.75 Å². The number of ether oxygens (including phenoxy) is 1. The van der Waals surface area contributed by atoms with Crippen LogP contribution in [0.15, 0.2) is 0 Å². The summed E-state index contributed by atoms with van der Waals surface area (Å²) in [5.41, 5.74) is 0. The summed E-state index contributed by atoms with van der Waals surface area (Å²) in [5.74, 6) is 1.39. The number of amides is 1. The molecule has 3 fully saturated rings. The van der Waals surface area contributed by atoms with Crippen molar-refractivity contribution in [2.24, 2.45) is 17.8 Å². The molecule has 1 aliphatic carbocycles. The summed E-state index contributed by atoms with van der Waals surface area (Å²) < 4.78 is 30.0. The van der Waals surface area contributed by atoms with Crippen molar-refractivity contribution in [1.29, 1.82) is 0 Å². The van der Waals surface area contributed by atoms with Crippen molar-refractivity contribution in [2.75, 3.05) is 32.1 Å². The first-order valence-corrected chi connectivity index (χ1v) is 10.1.